The predicted octanol–water partition coefficient (Wildman–Crippen LogP) is 3.80. The summed E-state index contributed by atoms with van der Waals surface area (Å²) in [5.41, 5.74) is 1.39. The summed E-state index contributed by atoms with van der Waals surface area (Å²) in [6.45, 7) is 5.82. The van der Waals surface area contributed by atoms with Crippen molar-refractivity contribution in [2.24, 2.45) is 0 Å². The molecule has 166 valence electrons. The number of hydrogen-bond donors (Lipinski definition) is 0. The van der Waals surface area contributed by atoms with Crippen LogP contribution in [0.25, 0.3) is 0 Å². The van der Waals surface area contributed by atoms with E-state index in [1.165, 1.54) is 31.4 Å². The molecule has 1 saturated heterocycles. The molecule has 1 heterocycles. The number of hydrogen-bond acceptors (Lipinski definition) is 5. The number of benzene rings is 2. The molecule has 0 N–H and O–H groups in total. The highest BCUT2D eigenvalue weighted by molar-refractivity contribution is 6.32. The van der Waals surface area contributed by atoms with E-state index in [1.807, 2.05) is 6.92 Å². The molecule has 31 heavy (non-hydrogen) atoms. The Kier molecular flexibility index (Phi) is 7.51. The van der Waals surface area contributed by atoms with Gasteiger partial charge in [-0.05, 0) is 43.7 Å². The van der Waals surface area contributed by atoms with Crippen molar-refractivity contribution in [3.05, 3.63) is 58.4 Å². The number of carbonyl (C=O) groups excluding carboxylic acids is 2. The van der Waals surface area contributed by atoms with Gasteiger partial charge in [-0.15, -0.1) is 0 Å². The van der Waals surface area contributed by atoms with E-state index in [0.717, 1.165) is 5.56 Å². The molecule has 0 bridgehead atoms. The molecule has 3 rings (SSSR count). The zero-order valence-corrected chi connectivity index (χ0v) is 18.6. The fourth-order valence-corrected chi connectivity index (χ4v) is 4.03. The van der Waals surface area contributed by atoms with Crippen LogP contribution >= 0.6 is 11.6 Å². The first kappa shape index (κ1) is 23.0. The fourth-order valence-electron chi connectivity index (χ4n) is 3.76. The zero-order valence-electron chi connectivity index (χ0n) is 17.8. The van der Waals surface area contributed by atoms with Gasteiger partial charge >= 0.3 is 0 Å². The van der Waals surface area contributed by atoms with Crippen LogP contribution in [0.2, 0.25) is 5.02 Å². The number of piperazine rings is 1. The van der Waals surface area contributed by atoms with Gasteiger partial charge in [-0.1, -0.05) is 23.7 Å². The lowest BCUT2D eigenvalue weighted by atomic mass is 10.1. The predicted molar refractivity (Wildman–Crippen MR) is 116 cm³/mol. The summed E-state index contributed by atoms with van der Waals surface area (Å²) in [7, 11) is 1.44. The summed E-state index contributed by atoms with van der Waals surface area (Å²) in [6, 6.07) is 9.59. The SMILES string of the molecule is COc1cc(C=O)cc(Cl)c1OCC(=O)N1C[C@H](C)N(Cc2ccc(F)cc2)C[C@H]1C. The largest absolute Gasteiger partial charge is 0.493 e. The van der Waals surface area contributed by atoms with Gasteiger partial charge in [0, 0.05) is 37.3 Å². The molecule has 0 unspecified atom stereocenters. The van der Waals surface area contributed by atoms with Crippen molar-refractivity contribution in [2.45, 2.75) is 32.5 Å². The van der Waals surface area contributed by atoms with Gasteiger partial charge in [-0.3, -0.25) is 14.5 Å². The minimum Gasteiger partial charge on any atom is -0.493 e. The molecule has 0 aliphatic carbocycles. The van der Waals surface area contributed by atoms with E-state index in [2.05, 4.69) is 11.8 Å². The Morgan fingerprint density at radius 3 is 2.55 bits per heavy atom. The van der Waals surface area contributed by atoms with Gasteiger partial charge in [-0.2, -0.15) is 0 Å². The molecule has 2 aromatic carbocycles. The van der Waals surface area contributed by atoms with Crippen LogP contribution in [0, 0.1) is 5.82 Å². The number of nitrogens with zero attached hydrogens (tertiary/aromatic N) is 2. The molecule has 0 radical (unpaired) electrons. The van der Waals surface area contributed by atoms with E-state index in [0.29, 0.717) is 37.2 Å². The molecule has 1 fully saturated rings. The lowest BCUT2D eigenvalue weighted by Gasteiger charge is -2.44. The van der Waals surface area contributed by atoms with Crippen LogP contribution in [0.4, 0.5) is 4.39 Å². The highest BCUT2D eigenvalue weighted by Crippen LogP contribution is 2.36. The van der Waals surface area contributed by atoms with Crippen molar-refractivity contribution in [1.82, 2.24) is 9.80 Å². The second kappa shape index (κ2) is 10.1. The first-order valence-electron chi connectivity index (χ1n) is 10.1. The minimum absolute atomic E-state index is 0.0115. The van der Waals surface area contributed by atoms with Crippen LogP contribution in [-0.4, -0.2) is 60.9 Å². The molecule has 8 heteroatoms. The van der Waals surface area contributed by atoms with Crippen LogP contribution in [0.5, 0.6) is 11.5 Å². The monoisotopic (exact) mass is 448 g/mol. The summed E-state index contributed by atoms with van der Waals surface area (Å²) >= 11 is 6.20. The highest BCUT2D eigenvalue weighted by Gasteiger charge is 2.32. The maximum atomic E-state index is 13.1. The normalized spacial score (nSPS) is 19.2. The Balaban J connectivity index is 1.62. The van der Waals surface area contributed by atoms with Crippen molar-refractivity contribution in [3.8, 4) is 11.5 Å². The van der Waals surface area contributed by atoms with Gasteiger partial charge in [0.1, 0.15) is 12.1 Å². The van der Waals surface area contributed by atoms with E-state index in [-0.39, 0.29) is 41.2 Å². The first-order chi connectivity index (χ1) is 14.8. The van der Waals surface area contributed by atoms with Crippen LogP contribution in [0.1, 0.15) is 29.8 Å². The van der Waals surface area contributed by atoms with Crippen molar-refractivity contribution >= 4 is 23.8 Å². The van der Waals surface area contributed by atoms with Gasteiger partial charge in [0.15, 0.2) is 18.1 Å². The van der Waals surface area contributed by atoms with Crippen molar-refractivity contribution < 1.29 is 23.5 Å². The molecule has 1 aliphatic heterocycles. The Morgan fingerprint density at radius 2 is 1.90 bits per heavy atom. The molecule has 6 nitrogen and oxygen atoms in total. The number of ether oxygens (including phenoxy) is 2. The molecular weight excluding hydrogens is 423 g/mol. The van der Waals surface area contributed by atoms with Gasteiger partial charge in [0.2, 0.25) is 0 Å². The molecule has 1 amide bonds. The number of aldehydes is 1. The average molecular weight is 449 g/mol. The quantitative estimate of drug-likeness (QED) is 0.603. The molecule has 2 aromatic rings. The standard InChI is InChI=1S/C23H26ClFN2O4/c1-15-11-27(16(2)10-26(15)12-17-4-6-19(25)7-5-17)22(29)14-31-23-20(24)8-18(13-28)9-21(23)30-3/h4-9,13,15-16H,10-12,14H2,1-3H3/t15-,16+/m0/s1. The molecule has 2 atom stereocenters. The van der Waals surface area contributed by atoms with Crippen LogP contribution in [0.3, 0.4) is 0 Å². The third-order valence-corrected chi connectivity index (χ3v) is 5.74. The maximum Gasteiger partial charge on any atom is 0.260 e. The van der Waals surface area contributed by atoms with E-state index in [9.17, 15) is 14.0 Å². The summed E-state index contributed by atoms with van der Waals surface area (Å²) in [5.74, 6) is 0.128. The van der Waals surface area contributed by atoms with E-state index in [1.54, 1.807) is 17.0 Å². The van der Waals surface area contributed by atoms with Gasteiger partial charge in [0.25, 0.3) is 5.91 Å². The van der Waals surface area contributed by atoms with Gasteiger partial charge in [0.05, 0.1) is 12.1 Å². The van der Waals surface area contributed by atoms with Crippen molar-refractivity contribution in [1.29, 1.82) is 0 Å². The zero-order chi connectivity index (χ0) is 22.5. The Morgan fingerprint density at radius 1 is 1.19 bits per heavy atom. The van der Waals surface area contributed by atoms with E-state index >= 15 is 0 Å². The number of methoxy groups -OCH3 is 1. The highest BCUT2D eigenvalue weighted by atomic mass is 35.5. The molecule has 0 spiro atoms. The third-order valence-electron chi connectivity index (χ3n) is 5.46. The average Bonchev–Trinajstić information content (AvgIpc) is 2.75. The summed E-state index contributed by atoms with van der Waals surface area (Å²) in [5, 5.41) is 0.208. The topological polar surface area (TPSA) is 59.1 Å². The summed E-state index contributed by atoms with van der Waals surface area (Å²) < 4.78 is 24.1. The van der Waals surface area contributed by atoms with Crippen LogP contribution in [-0.2, 0) is 11.3 Å². The van der Waals surface area contributed by atoms with E-state index in [4.69, 9.17) is 21.1 Å². The molecule has 1 aliphatic rings. The third kappa shape index (κ3) is 5.54. The minimum atomic E-state index is -0.252. The van der Waals surface area contributed by atoms with Gasteiger partial charge in [-0.25, -0.2) is 4.39 Å². The maximum absolute atomic E-state index is 13.1. The molecular formula is C23H26ClFN2O4. The summed E-state index contributed by atoms with van der Waals surface area (Å²) in [4.78, 5) is 27.9. The smallest absolute Gasteiger partial charge is 0.260 e. The number of carbonyl (C=O) groups is 2. The van der Waals surface area contributed by atoms with Gasteiger partial charge < -0.3 is 14.4 Å². The van der Waals surface area contributed by atoms with Crippen molar-refractivity contribution in [2.75, 3.05) is 26.8 Å². The number of halogens is 2. The molecule has 0 aromatic heterocycles. The fraction of sp³-hybridized carbons (Fsp3) is 0.391. The second-order valence-corrected chi connectivity index (χ2v) is 8.15. The second-order valence-electron chi connectivity index (χ2n) is 7.74. The molecule has 0 saturated carbocycles. The number of amides is 1. The van der Waals surface area contributed by atoms with E-state index < -0.39 is 0 Å². The Labute approximate surface area is 186 Å². The summed E-state index contributed by atoms with van der Waals surface area (Å²) in [6.07, 6.45) is 0.665. The Hall–Kier alpha value is -2.64. The number of rotatable bonds is 7. The van der Waals surface area contributed by atoms with Crippen LogP contribution < -0.4 is 9.47 Å². The van der Waals surface area contributed by atoms with Crippen LogP contribution in [0.15, 0.2) is 36.4 Å². The van der Waals surface area contributed by atoms with Crippen molar-refractivity contribution in [3.63, 3.8) is 0 Å². The Bertz CT molecular complexity index is 938. The lowest BCUT2D eigenvalue weighted by molar-refractivity contribution is -0.139. The first-order valence-corrected chi connectivity index (χ1v) is 10.4. The lowest BCUT2D eigenvalue weighted by Crippen LogP contribution is -2.58.